The molecule has 0 radical (unpaired) electrons. The summed E-state index contributed by atoms with van der Waals surface area (Å²) >= 11 is 2.11. The molecule has 1 aliphatic heterocycles. The van der Waals surface area contributed by atoms with Crippen molar-refractivity contribution < 1.29 is 0 Å². The van der Waals surface area contributed by atoms with Crippen molar-refractivity contribution in [3.05, 3.63) is 35.4 Å². The van der Waals surface area contributed by atoms with E-state index >= 15 is 0 Å². The van der Waals surface area contributed by atoms with Gasteiger partial charge in [-0.15, -0.1) is 0 Å². The van der Waals surface area contributed by atoms with Gasteiger partial charge in [0.05, 0.1) is 0 Å². The van der Waals surface area contributed by atoms with Crippen LogP contribution in [0.15, 0.2) is 24.3 Å². The lowest BCUT2D eigenvalue weighted by Crippen LogP contribution is -2.45. The summed E-state index contributed by atoms with van der Waals surface area (Å²) in [6, 6.07) is 10.3. The SMILES string of the molecule is CC1(C)CSCC(NC2Cc3ccccc3C2)C1. The van der Waals surface area contributed by atoms with Crippen molar-refractivity contribution in [3.8, 4) is 0 Å². The Morgan fingerprint density at radius 3 is 2.39 bits per heavy atom. The first-order valence-corrected chi connectivity index (χ1v) is 8.18. The van der Waals surface area contributed by atoms with E-state index in [9.17, 15) is 0 Å². The molecular formula is C16H23NS. The molecule has 2 heteroatoms. The van der Waals surface area contributed by atoms with E-state index in [1.807, 2.05) is 0 Å². The Labute approximate surface area is 115 Å². The molecule has 1 atom stereocenters. The van der Waals surface area contributed by atoms with Gasteiger partial charge in [-0.25, -0.2) is 0 Å². The van der Waals surface area contributed by atoms with E-state index in [0.29, 0.717) is 17.5 Å². The smallest absolute Gasteiger partial charge is 0.0166 e. The summed E-state index contributed by atoms with van der Waals surface area (Å²) < 4.78 is 0. The van der Waals surface area contributed by atoms with E-state index in [0.717, 1.165) is 0 Å². The zero-order valence-electron chi connectivity index (χ0n) is 11.4. The number of hydrogen-bond donors (Lipinski definition) is 1. The fourth-order valence-corrected chi connectivity index (χ4v) is 4.67. The summed E-state index contributed by atoms with van der Waals surface area (Å²) in [6.45, 7) is 4.80. The maximum Gasteiger partial charge on any atom is 0.0166 e. The van der Waals surface area contributed by atoms with Gasteiger partial charge in [-0.2, -0.15) is 11.8 Å². The van der Waals surface area contributed by atoms with Gasteiger partial charge >= 0.3 is 0 Å². The number of fused-ring (bicyclic) bond motifs is 1. The van der Waals surface area contributed by atoms with Crippen LogP contribution in [0.3, 0.4) is 0 Å². The molecule has 1 N–H and O–H groups in total. The Balaban J connectivity index is 1.59. The second-order valence-corrected chi connectivity index (χ2v) is 7.65. The number of rotatable bonds is 2. The third-order valence-corrected chi connectivity index (χ3v) is 5.76. The molecule has 1 unspecified atom stereocenters. The van der Waals surface area contributed by atoms with Crippen LogP contribution in [0.2, 0.25) is 0 Å². The highest BCUT2D eigenvalue weighted by molar-refractivity contribution is 7.99. The molecule has 0 amide bonds. The summed E-state index contributed by atoms with van der Waals surface area (Å²) in [7, 11) is 0. The van der Waals surface area contributed by atoms with Gasteiger partial charge in [0.15, 0.2) is 0 Å². The predicted octanol–water partition coefficient (Wildman–Crippen LogP) is 3.28. The molecule has 1 heterocycles. The molecule has 1 nitrogen and oxygen atoms in total. The summed E-state index contributed by atoms with van der Waals surface area (Å²) in [5, 5.41) is 3.90. The van der Waals surface area contributed by atoms with E-state index in [4.69, 9.17) is 0 Å². The minimum absolute atomic E-state index is 0.506. The Kier molecular flexibility index (Phi) is 3.42. The zero-order chi connectivity index (χ0) is 12.6. The van der Waals surface area contributed by atoms with E-state index in [1.54, 1.807) is 11.1 Å². The van der Waals surface area contributed by atoms with Crippen LogP contribution in [0.5, 0.6) is 0 Å². The molecule has 1 aromatic rings. The summed E-state index contributed by atoms with van der Waals surface area (Å²) in [4.78, 5) is 0. The lowest BCUT2D eigenvalue weighted by Gasteiger charge is -2.36. The van der Waals surface area contributed by atoms with Crippen LogP contribution >= 0.6 is 11.8 Å². The van der Waals surface area contributed by atoms with Gasteiger partial charge in [0.1, 0.15) is 0 Å². The lowest BCUT2D eigenvalue weighted by atomic mass is 9.87. The Hall–Kier alpha value is -0.470. The molecular weight excluding hydrogens is 238 g/mol. The first-order valence-electron chi connectivity index (χ1n) is 7.03. The number of nitrogens with one attached hydrogen (secondary N) is 1. The Morgan fingerprint density at radius 1 is 1.11 bits per heavy atom. The fourth-order valence-electron chi connectivity index (χ4n) is 3.38. The van der Waals surface area contributed by atoms with Gasteiger partial charge < -0.3 is 5.32 Å². The molecule has 0 aromatic heterocycles. The first kappa shape index (κ1) is 12.6. The monoisotopic (exact) mass is 261 g/mol. The van der Waals surface area contributed by atoms with Crippen molar-refractivity contribution in [3.63, 3.8) is 0 Å². The molecule has 0 spiro atoms. The topological polar surface area (TPSA) is 12.0 Å². The Morgan fingerprint density at radius 2 is 1.78 bits per heavy atom. The van der Waals surface area contributed by atoms with Crippen molar-refractivity contribution in [2.45, 2.75) is 45.2 Å². The lowest BCUT2D eigenvalue weighted by molar-refractivity contribution is 0.301. The number of thioether (sulfide) groups is 1. The zero-order valence-corrected chi connectivity index (χ0v) is 12.2. The molecule has 0 bridgehead atoms. The summed E-state index contributed by atoms with van der Waals surface area (Å²) in [6.07, 6.45) is 3.77. The van der Waals surface area contributed by atoms with Crippen molar-refractivity contribution in [1.29, 1.82) is 0 Å². The standard InChI is InChI=1S/C16H23NS/c1-16(2)9-15(10-18-11-16)17-14-7-12-5-3-4-6-13(12)8-14/h3-6,14-15,17H,7-11H2,1-2H3. The molecule has 1 aliphatic carbocycles. The van der Waals surface area contributed by atoms with Gasteiger partial charge in [-0.1, -0.05) is 38.1 Å². The predicted molar refractivity (Wildman–Crippen MR) is 80.3 cm³/mol. The third kappa shape index (κ3) is 2.75. The van der Waals surface area contributed by atoms with E-state index in [1.165, 1.54) is 30.8 Å². The molecule has 1 saturated heterocycles. The van der Waals surface area contributed by atoms with Crippen LogP contribution < -0.4 is 5.32 Å². The normalized spacial score (nSPS) is 27.1. The summed E-state index contributed by atoms with van der Waals surface area (Å²) in [5.74, 6) is 2.60. The maximum atomic E-state index is 3.90. The molecule has 2 aliphatic rings. The maximum absolute atomic E-state index is 3.90. The van der Waals surface area contributed by atoms with Gasteiger partial charge in [-0.3, -0.25) is 0 Å². The highest BCUT2D eigenvalue weighted by atomic mass is 32.2. The average molecular weight is 261 g/mol. The fraction of sp³-hybridized carbons (Fsp3) is 0.625. The van der Waals surface area contributed by atoms with Crippen LogP contribution in [-0.2, 0) is 12.8 Å². The van der Waals surface area contributed by atoms with E-state index in [2.05, 4.69) is 55.2 Å². The molecule has 1 fully saturated rings. The van der Waals surface area contributed by atoms with E-state index < -0.39 is 0 Å². The van der Waals surface area contributed by atoms with Gasteiger partial charge in [0.25, 0.3) is 0 Å². The van der Waals surface area contributed by atoms with Crippen LogP contribution in [0.1, 0.15) is 31.4 Å². The van der Waals surface area contributed by atoms with Crippen molar-refractivity contribution in [2.75, 3.05) is 11.5 Å². The Bertz CT molecular complexity index is 402. The molecule has 98 valence electrons. The molecule has 3 rings (SSSR count). The van der Waals surface area contributed by atoms with Gasteiger partial charge in [0.2, 0.25) is 0 Å². The highest BCUT2D eigenvalue weighted by Gasteiger charge is 2.31. The van der Waals surface area contributed by atoms with Gasteiger partial charge in [-0.05, 0) is 41.6 Å². The summed E-state index contributed by atoms with van der Waals surface area (Å²) in [5.41, 5.74) is 3.61. The van der Waals surface area contributed by atoms with Gasteiger partial charge in [0, 0.05) is 17.8 Å². The highest BCUT2D eigenvalue weighted by Crippen LogP contribution is 2.34. The third-order valence-electron chi connectivity index (χ3n) is 4.13. The van der Waals surface area contributed by atoms with Crippen molar-refractivity contribution >= 4 is 11.8 Å². The molecule has 18 heavy (non-hydrogen) atoms. The van der Waals surface area contributed by atoms with E-state index in [-0.39, 0.29) is 0 Å². The van der Waals surface area contributed by atoms with Crippen LogP contribution in [0, 0.1) is 5.41 Å². The number of benzene rings is 1. The molecule has 1 aromatic carbocycles. The van der Waals surface area contributed by atoms with Crippen LogP contribution in [0.4, 0.5) is 0 Å². The second-order valence-electron chi connectivity index (χ2n) is 6.62. The van der Waals surface area contributed by atoms with Crippen LogP contribution in [-0.4, -0.2) is 23.6 Å². The average Bonchev–Trinajstić information content (AvgIpc) is 2.69. The van der Waals surface area contributed by atoms with Crippen molar-refractivity contribution in [1.82, 2.24) is 5.32 Å². The quantitative estimate of drug-likeness (QED) is 0.877. The largest absolute Gasteiger partial charge is 0.310 e. The minimum Gasteiger partial charge on any atom is -0.310 e. The second kappa shape index (κ2) is 4.90. The van der Waals surface area contributed by atoms with Crippen LogP contribution in [0.25, 0.3) is 0 Å². The first-order chi connectivity index (χ1) is 8.62. The minimum atomic E-state index is 0.506. The van der Waals surface area contributed by atoms with Crippen molar-refractivity contribution in [2.24, 2.45) is 5.41 Å². The number of hydrogen-bond acceptors (Lipinski definition) is 2. The molecule has 0 saturated carbocycles.